The normalized spacial score (nSPS) is 20.9. The number of rotatable bonds is 1. The van der Waals surface area contributed by atoms with E-state index in [1.807, 2.05) is 6.21 Å². The summed E-state index contributed by atoms with van der Waals surface area (Å²) >= 11 is 0. The third kappa shape index (κ3) is 1.30. The van der Waals surface area contributed by atoms with Gasteiger partial charge in [0.15, 0.2) is 0 Å². The maximum atomic E-state index is 12.5. The van der Waals surface area contributed by atoms with Crippen LogP contribution in [0.2, 0.25) is 0 Å². The zero-order valence-electron chi connectivity index (χ0n) is 6.50. The highest BCUT2D eigenvalue weighted by Crippen LogP contribution is 2.18. The molecule has 0 saturated heterocycles. The Labute approximate surface area is 70.1 Å². The van der Waals surface area contributed by atoms with Crippen molar-refractivity contribution in [2.24, 2.45) is 5.10 Å². The van der Waals surface area contributed by atoms with E-state index in [0.717, 1.165) is 12.0 Å². The van der Waals surface area contributed by atoms with E-state index < -0.39 is 0 Å². The van der Waals surface area contributed by atoms with E-state index >= 15 is 0 Å². The predicted molar refractivity (Wildman–Crippen MR) is 45.4 cm³/mol. The molecule has 0 amide bonds. The van der Waals surface area contributed by atoms with E-state index in [1.165, 1.54) is 12.1 Å². The first-order chi connectivity index (χ1) is 5.86. The number of benzene rings is 1. The van der Waals surface area contributed by atoms with Gasteiger partial charge in [0.05, 0.1) is 6.04 Å². The molecule has 2 nitrogen and oxygen atoms in total. The van der Waals surface area contributed by atoms with E-state index in [2.05, 4.69) is 10.5 Å². The van der Waals surface area contributed by atoms with Crippen LogP contribution in [0.3, 0.4) is 0 Å². The van der Waals surface area contributed by atoms with Crippen molar-refractivity contribution in [1.29, 1.82) is 0 Å². The summed E-state index contributed by atoms with van der Waals surface area (Å²) in [5.41, 5.74) is 4.02. The van der Waals surface area contributed by atoms with Crippen LogP contribution in [0.1, 0.15) is 18.0 Å². The first-order valence-corrected chi connectivity index (χ1v) is 3.89. The van der Waals surface area contributed by atoms with Crippen LogP contribution in [0.5, 0.6) is 0 Å². The lowest BCUT2D eigenvalue weighted by Gasteiger charge is -2.08. The van der Waals surface area contributed by atoms with E-state index in [9.17, 15) is 4.39 Å². The van der Waals surface area contributed by atoms with Crippen molar-refractivity contribution in [3.8, 4) is 0 Å². The van der Waals surface area contributed by atoms with Crippen LogP contribution in [0.25, 0.3) is 0 Å². The van der Waals surface area contributed by atoms with Crippen molar-refractivity contribution < 1.29 is 4.39 Å². The van der Waals surface area contributed by atoms with Crippen molar-refractivity contribution in [3.63, 3.8) is 0 Å². The number of halogens is 1. The molecular weight excluding hydrogens is 155 g/mol. The Morgan fingerprint density at radius 3 is 2.67 bits per heavy atom. The third-order valence-electron chi connectivity index (χ3n) is 1.94. The minimum atomic E-state index is -0.197. The Morgan fingerprint density at radius 1 is 1.33 bits per heavy atom. The lowest BCUT2D eigenvalue weighted by Crippen LogP contribution is -2.09. The summed E-state index contributed by atoms with van der Waals surface area (Å²) in [7, 11) is 0. The molecule has 1 aromatic rings. The van der Waals surface area contributed by atoms with Crippen molar-refractivity contribution in [2.45, 2.75) is 12.5 Å². The van der Waals surface area contributed by atoms with Gasteiger partial charge in [-0.3, -0.25) is 0 Å². The van der Waals surface area contributed by atoms with Gasteiger partial charge in [0.25, 0.3) is 0 Å². The molecule has 1 N–H and O–H groups in total. The fourth-order valence-electron chi connectivity index (χ4n) is 1.26. The molecule has 0 aliphatic carbocycles. The molecule has 1 aromatic carbocycles. The van der Waals surface area contributed by atoms with E-state index in [1.54, 1.807) is 12.1 Å². The maximum absolute atomic E-state index is 12.5. The van der Waals surface area contributed by atoms with Crippen molar-refractivity contribution in [1.82, 2.24) is 5.43 Å². The Balaban J connectivity index is 2.18. The molecular formula is C9H9FN2. The Hall–Kier alpha value is -1.38. The molecule has 0 spiro atoms. The molecule has 12 heavy (non-hydrogen) atoms. The molecule has 1 atom stereocenters. The summed E-state index contributed by atoms with van der Waals surface area (Å²) < 4.78 is 12.5. The summed E-state index contributed by atoms with van der Waals surface area (Å²) in [6.45, 7) is 0. The monoisotopic (exact) mass is 164 g/mol. The number of hydrogen-bond donors (Lipinski definition) is 1. The standard InChI is InChI=1S/C9H9FN2/c10-8-3-1-7(2-4-8)9-5-6-11-12-9/h1-4,6,9,12H,5H2/t9-/m0/s1. The van der Waals surface area contributed by atoms with Crippen LogP contribution >= 0.6 is 0 Å². The highest BCUT2D eigenvalue weighted by atomic mass is 19.1. The molecule has 0 bridgehead atoms. The number of hydrogen-bond acceptors (Lipinski definition) is 2. The second kappa shape index (κ2) is 2.93. The minimum Gasteiger partial charge on any atom is -0.303 e. The molecule has 0 fully saturated rings. The highest BCUT2D eigenvalue weighted by Gasteiger charge is 2.12. The van der Waals surface area contributed by atoms with Gasteiger partial charge in [-0.05, 0) is 17.7 Å². The second-order valence-electron chi connectivity index (χ2n) is 2.78. The smallest absolute Gasteiger partial charge is 0.123 e. The lowest BCUT2D eigenvalue weighted by molar-refractivity contribution is 0.607. The van der Waals surface area contributed by atoms with Crippen molar-refractivity contribution in [3.05, 3.63) is 35.6 Å². The minimum absolute atomic E-state index is 0.197. The first kappa shape index (κ1) is 7.28. The van der Waals surface area contributed by atoms with Gasteiger partial charge in [-0.25, -0.2) is 4.39 Å². The van der Waals surface area contributed by atoms with Gasteiger partial charge >= 0.3 is 0 Å². The molecule has 62 valence electrons. The quantitative estimate of drug-likeness (QED) is 0.673. The van der Waals surface area contributed by atoms with Gasteiger partial charge < -0.3 is 5.43 Å². The molecule has 1 aliphatic rings. The van der Waals surface area contributed by atoms with Crippen LogP contribution in [-0.2, 0) is 0 Å². The summed E-state index contributed by atoms with van der Waals surface area (Å²) in [6.07, 6.45) is 2.71. The zero-order valence-corrected chi connectivity index (χ0v) is 6.50. The molecule has 1 heterocycles. The molecule has 3 heteroatoms. The largest absolute Gasteiger partial charge is 0.303 e. The Kier molecular flexibility index (Phi) is 1.78. The van der Waals surface area contributed by atoms with Crippen LogP contribution < -0.4 is 5.43 Å². The number of nitrogens with one attached hydrogen (secondary N) is 1. The fourth-order valence-corrected chi connectivity index (χ4v) is 1.26. The molecule has 1 aliphatic heterocycles. The van der Waals surface area contributed by atoms with E-state index in [4.69, 9.17) is 0 Å². The topological polar surface area (TPSA) is 24.4 Å². The molecule has 2 rings (SSSR count). The lowest BCUT2D eigenvalue weighted by atomic mass is 10.1. The Bertz CT molecular complexity index is 284. The molecule has 0 saturated carbocycles. The van der Waals surface area contributed by atoms with Crippen LogP contribution in [0, 0.1) is 5.82 Å². The van der Waals surface area contributed by atoms with Gasteiger partial charge in [0.2, 0.25) is 0 Å². The van der Waals surface area contributed by atoms with Gasteiger partial charge in [-0.15, -0.1) is 0 Å². The number of hydrazone groups is 1. The van der Waals surface area contributed by atoms with Crippen LogP contribution in [0.4, 0.5) is 4.39 Å². The van der Waals surface area contributed by atoms with Crippen molar-refractivity contribution in [2.75, 3.05) is 0 Å². The first-order valence-electron chi connectivity index (χ1n) is 3.89. The van der Waals surface area contributed by atoms with E-state index in [-0.39, 0.29) is 11.9 Å². The van der Waals surface area contributed by atoms with Gasteiger partial charge in [-0.2, -0.15) is 5.10 Å². The zero-order chi connectivity index (χ0) is 8.39. The predicted octanol–water partition coefficient (Wildman–Crippen LogP) is 1.85. The SMILES string of the molecule is Fc1ccc([C@@H]2CC=NN2)cc1. The summed E-state index contributed by atoms with van der Waals surface area (Å²) in [4.78, 5) is 0. The van der Waals surface area contributed by atoms with Crippen LogP contribution in [0.15, 0.2) is 29.4 Å². The van der Waals surface area contributed by atoms with Gasteiger partial charge in [0.1, 0.15) is 5.82 Å². The summed E-state index contributed by atoms with van der Waals surface area (Å²) in [5, 5.41) is 3.89. The summed E-state index contributed by atoms with van der Waals surface area (Å²) in [6, 6.07) is 6.72. The molecule has 0 radical (unpaired) electrons. The maximum Gasteiger partial charge on any atom is 0.123 e. The van der Waals surface area contributed by atoms with Gasteiger partial charge in [0, 0.05) is 12.6 Å². The van der Waals surface area contributed by atoms with Crippen molar-refractivity contribution >= 4 is 6.21 Å². The average Bonchev–Trinajstić information content (AvgIpc) is 2.58. The highest BCUT2D eigenvalue weighted by molar-refractivity contribution is 5.60. The van der Waals surface area contributed by atoms with Crippen LogP contribution in [-0.4, -0.2) is 6.21 Å². The fraction of sp³-hybridized carbons (Fsp3) is 0.222. The summed E-state index contributed by atoms with van der Waals surface area (Å²) in [5.74, 6) is -0.197. The van der Waals surface area contributed by atoms with Gasteiger partial charge in [-0.1, -0.05) is 12.1 Å². The second-order valence-corrected chi connectivity index (χ2v) is 2.78. The average molecular weight is 164 g/mol. The van der Waals surface area contributed by atoms with E-state index in [0.29, 0.717) is 0 Å². The molecule has 0 unspecified atom stereocenters. The molecule has 0 aromatic heterocycles. The number of nitrogens with zero attached hydrogens (tertiary/aromatic N) is 1. The Morgan fingerprint density at radius 2 is 2.08 bits per heavy atom. The third-order valence-corrected chi connectivity index (χ3v) is 1.94.